The summed E-state index contributed by atoms with van der Waals surface area (Å²) >= 11 is 0. The highest BCUT2D eigenvalue weighted by molar-refractivity contribution is 7.89. The van der Waals surface area contributed by atoms with E-state index in [2.05, 4.69) is 10.0 Å². The fraction of sp³-hybridized carbons (Fsp3) is 0.600. The molecule has 0 aliphatic rings. The molecule has 21 heavy (non-hydrogen) atoms. The second-order valence-corrected chi connectivity index (χ2v) is 7.72. The number of likely N-dealkylation sites (N-methyl/N-ethyl adjacent to an activating group) is 1. The molecule has 0 atom stereocenters. The molecule has 0 saturated heterocycles. The van der Waals surface area contributed by atoms with E-state index in [1.165, 1.54) is 0 Å². The third kappa shape index (κ3) is 5.39. The molecular weight excluding hydrogens is 286 g/mol. The van der Waals surface area contributed by atoms with Crippen LogP contribution < -0.4 is 10.0 Å². The molecule has 2 N–H and O–H groups in total. The van der Waals surface area contributed by atoms with E-state index in [-0.39, 0.29) is 5.54 Å². The summed E-state index contributed by atoms with van der Waals surface area (Å²) < 4.78 is 27.2. The van der Waals surface area contributed by atoms with Gasteiger partial charge in [0.05, 0.1) is 4.90 Å². The fourth-order valence-corrected chi connectivity index (χ4v) is 2.77. The van der Waals surface area contributed by atoms with Gasteiger partial charge in [-0.25, -0.2) is 13.1 Å². The predicted octanol–water partition coefficient (Wildman–Crippen LogP) is 1.41. The van der Waals surface area contributed by atoms with Crippen LogP contribution in [0.25, 0.3) is 0 Å². The Kier molecular flexibility index (Phi) is 6.34. The van der Waals surface area contributed by atoms with E-state index in [0.717, 1.165) is 18.7 Å². The molecule has 0 unspecified atom stereocenters. The quantitative estimate of drug-likeness (QED) is 0.762. The molecule has 6 heteroatoms. The maximum atomic E-state index is 12.3. The van der Waals surface area contributed by atoms with E-state index < -0.39 is 10.0 Å². The first-order valence-corrected chi connectivity index (χ1v) is 8.64. The van der Waals surface area contributed by atoms with Gasteiger partial charge in [0.2, 0.25) is 10.0 Å². The van der Waals surface area contributed by atoms with Gasteiger partial charge in [0.1, 0.15) is 0 Å². The lowest BCUT2D eigenvalue weighted by Crippen LogP contribution is -2.48. The number of rotatable bonds is 8. The van der Waals surface area contributed by atoms with Crippen LogP contribution in [0.4, 0.5) is 0 Å². The molecule has 0 aliphatic heterocycles. The van der Waals surface area contributed by atoms with Crippen molar-refractivity contribution in [3.63, 3.8) is 0 Å². The molecule has 0 radical (unpaired) electrons. The van der Waals surface area contributed by atoms with Gasteiger partial charge in [0, 0.05) is 18.6 Å². The predicted molar refractivity (Wildman–Crippen MR) is 86.8 cm³/mol. The van der Waals surface area contributed by atoms with Crippen LogP contribution in [0.2, 0.25) is 0 Å². The van der Waals surface area contributed by atoms with Gasteiger partial charge >= 0.3 is 0 Å². The Hall–Kier alpha value is -0.950. The third-order valence-corrected chi connectivity index (χ3v) is 5.14. The van der Waals surface area contributed by atoms with E-state index in [0.29, 0.717) is 11.4 Å². The minimum atomic E-state index is -3.46. The normalized spacial score (nSPS) is 12.9. The second kappa shape index (κ2) is 7.35. The van der Waals surface area contributed by atoms with E-state index >= 15 is 0 Å². The minimum Gasteiger partial charge on any atom is -0.313 e. The zero-order chi connectivity index (χ0) is 16.1. The maximum Gasteiger partial charge on any atom is 0.240 e. The molecule has 1 rings (SSSR count). The summed E-state index contributed by atoms with van der Waals surface area (Å²) in [4.78, 5) is 2.30. The SMILES string of the molecule is CCNCc1ccc(S(=O)(=O)NCC(C)(C)N(C)C)cc1. The third-order valence-electron chi connectivity index (χ3n) is 3.72. The van der Waals surface area contributed by atoms with Crippen molar-refractivity contribution in [1.29, 1.82) is 0 Å². The largest absolute Gasteiger partial charge is 0.313 e. The van der Waals surface area contributed by atoms with E-state index in [9.17, 15) is 8.42 Å². The van der Waals surface area contributed by atoms with Crippen molar-refractivity contribution in [2.24, 2.45) is 0 Å². The highest BCUT2D eigenvalue weighted by atomic mass is 32.2. The molecular formula is C15H27N3O2S. The fourth-order valence-electron chi connectivity index (χ4n) is 1.57. The molecule has 0 spiro atoms. The number of sulfonamides is 1. The van der Waals surface area contributed by atoms with Crippen LogP contribution >= 0.6 is 0 Å². The Morgan fingerprint density at radius 3 is 2.19 bits per heavy atom. The molecule has 0 bridgehead atoms. The average molecular weight is 313 g/mol. The Labute approximate surface area is 128 Å². The number of nitrogens with zero attached hydrogens (tertiary/aromatic N) is 1. The van der Waals surface area contributed by atoms with E-state index in [4.69, 9.17) is 0 Å². The van der Waals surface area contributed by atoms with Crippen molar-refractivity contribution in [3.8, 4) is 0 Å². The summed E-state index contributed by atoms with van der Waals surface area (Å²) in [6.45, 7) is 8.03. The van der Waals surface area contributed by atoms with Crippen molar-refractivity contribution in [2.75, 3.05) is 27.2 Å². The van der Waals surface area contributed by atoms with Crippen LogP contribution in [-0.2, 0) is 16.6 Å². The molecule has 0 fully saturated rings. The van der Waals surface area contributed by atoms with Crippen molar-refractivity contribution in [1.82, 2.24) is 14.9 Å². The molecule has 0 aliphatic carbocycles. The standard InChI is InChI=1S/C15H27N3O2S/c1-6-16-11-13-7-9-14(10-8-13)21(19,20)17-12-15(2,3)18(4)5/h7-10,16-17H,6,11-12H2,1-5H3. The molecule has 120 valence electrons. The van der Waals surface area contributed by atoms with Gasteiger partial charge in [-0.3, -0.25) is 0 Å². The van der Waals surface area contributed by atoms with Gasteiger partial charge < -0.3 is 10.2 Å². The van der Waals surface area contributed by atoms with E-state index in [1.807, 2.05) is 51.9 Å². The Morgan fingerprint density at radius 2 is 1.71 bits per heavy atom. The van der Waals surface area contributed by atoms with Gasteiger partial charge in [-0.05, 0) is 52.2 Å². The molecule has 1 aromatic carbocycles. The number of hydrogen-bond acceptors (Lipinski definition) is 4. The summed E-state index contributed by atoms with van der Waals surface area (Å²) in [7, 11) is 0.407. The van der Waals surface area contributed by atoms with Crippen molar-refractivity contribution in [2.45, 2.75) is 37.8 Å². The minimum absolute atomic E-state index is 0.238. The maximum absolute atomic E-state index is 12.3. The first kappa shape index (κ1) is 18.1. The van der Waals surface area contributed by atoms with Gasteiger partial charge in [-0.15, -0.1) is 0 Å². The molecule has 0 heterocycles. The zero-order valence-corrected chi connectivity index (χ0v) is 14.4. The Bertz CT molecular complexity index is 537. The zero-order valence-electron chi connectivity index (χ0n) is 13.6. The highest BCUT2D eigenvalue weighted by Gasteiger charge is 2.24. The lowest BCUT2D eigenvalue weighted by molar-refractivity contribution is 0.199. The Morgan fingerprint density at radius 1 is 1.14 bits per heavy atom. The molecule has 0 aromatic heterocycles. The number of nitrogens with one attached hydrogen (secondary N) is 2. The first-order valence-electron chi connectivity index (χ1n) is 7.16. The molecule has 5 nitrogen and oxygen atoms in total. The van der Waals surface area contributed by atoms with Crippen molar-refractivity contribution < 1.29 is 8.42 Å². The van der Waals surface area contributed by atoms with Gasteiger partial charge in [-0.2, -0.15) is 0 Å². The monoisotopic (exact) mass is 313 g/mol. The van der Waals surface area contributed by atoms with Crippen molar-refractivity contribution >= 4 is 10.0 Å². The summed E-state index contributed by atoms with van der Waals surface area (Å²) in [5.74, 6) is 0. The summed E-state index contributed by atoms with van der Waals surface area (Å²) in [5, 5.41) is 3.21. The van der Waals surface area contributed by atoms with Crippen LogP contribution in [0.5, 0.6) is 0 Å². The lowest BCUT2D eigenvalue weighted by atomic mass is 10.1. The van der Waals surface area contributed by atoms with Crippen molar-refractivity contribution in [3.05, 3.63) is 29.8 Å². The smallest absolute Gasteiger partial charge is 0.240 e. The second-order valence-electron chi connectivity index (χ2n) is 5.96. The first-order chi connectivity index (χ1) is 9.69. The average Bonchev–Trinajstić information content (AvgIpc) is 2.43. The topological polar surface area (TPSA) is 61.4 Å². The summed E-state index contributed by atoms with van der Waals surface area (Å²) in [5.41, 5.74) is 0.835. The number of hydrogen-bond donors (Lipinski definition) is 2. The van der Waals surface area contributed by atoms with E-state index in [1.54, 1.807) is 12.1 Å². The lowest BCUT2D eigenvalue weighted by Gasteiger charge is -2.32. The highest BCUT2D eigenvalue weighted by Crippen LogP contribution is 2.13. The molecule has 0 saturated carbocycles. The molecule has 1 aromatic rings. The Balaban J connectivity index is 2.74. The van der Waals surface area contributed by atoms with Gasteiger partial charge in [0.15, 0.2) is 0 Å². The summed E-state index contributed by atoms with van der Waals surface area (Å²) in [6, 6.07) is 6.98. The van der Waals surface area contributed by atoms with Gasteiger partial charge in [-0.1, -0.05) is 19.1 Å². The van der Waals surface area contributed by atoms with Crippen LogP contribution in [0.1, 0.15) is 26.3 Å². The van der Waals surface area contributed by atoms with Gasteiger partial charge in [0.25, 0.3) is 0 Å². The van der Waals surface area contributed by atoms with Crippen LogP contribution in [0, 0.1) is 0 Å². The van der Waals surface area contributed by atoms with Crippen LogP contribution in [0.3, 0.4) is 0 Å². The molecule has 0 amide bonds. The summed E-state index contributed by atoms with van der Waals surface area (Å²) in [6.07, 6.45) is 0. The van der Waals surface area contributed by atoms with Crippen LogP contribution in [-0.4, -0.2) is 46.0 Å². The van der Waals surface area contributed by atoms with Crippen LogP contribution in [0.15, 0.2) is 29.2 Å². The number of benzene rings is 1.